The Morgan fingerprint density at radius 2 is 1.70 bits per heavy atom. The van der Waals surface area contributed by atoms with Crippen molar-refractivity contribution >= 4 is 21.7 Å². The second-order valence-corrected chi connectivity index (χ2v) is 9.56. The molecule has 0 atom stereocenters. The number of carboxylic acid groups (broad SMARTS) is 1. The summed E-state index contributed by atoms with van der Waals surface area (Å²) in [7, 11) is -3.82. The zero-order valence-corrected chi connectivity index (χ0v) is 19.6. The Morgan fingerprint density at radius 1 is 1.00 bits per heavy atom. The Labute approximate surface area is 194 Å². The lowest BCUT2D eigenvalue weighted by molar-refractivity contribution is -0.139. The van der Waals surface area contributed by atoms with E-state index in [1.165, 1.54) is 0 Å². The fourth-order valence-electron chi connectivity index (χ4n) is 3.22. The highest BCUT2D eigenvalue weighted by Gasteiger charge is 2.21. The average Bonchev–Trinajstić information content (AvgIpc) is 2.78. The molecule has 0 heterocycles. The molecule has 174 valence electrons. The summed E-state index contributed by atoms with van der Waals surface area (Å²) in [5.74, 6) is -0.150. The highest BCUT2D eigenvalue weighted by molar-refractivity contribution is 7.92. The van der Waals surface area contributed by atoms with E-state index in [1.807, 2.05) is 39.0 Å². The zero-order valence-electron chi connectivity index (χ0n) is 18.7. The first kappa shape index (κ1) is 24.1. The van der Waals surface area contributed by atoms with Gasteiger partial charge in [0.05, 0.1) is 10.6 Å². The Balaban J connectivity index is 1.78. The number of benzene rings is 3. The van der Waals surface area contributed by atoms with Crippen molar-refractivity contribution in [3.05, 3.63) is 83.4 Å². The lowest BCUT2D eigenvalue weighted by atomic mass is 10.0. The van der Waals surface area contributed by atoms with Crippen LogP contribution in [0, 0.1) is 6.92 Å². The van der Waals surface area contributed by atoms with Gasteiger partial charge in [-0.15, -0.1) is 0 Å². The first-order chi connectivity index (χ1) is 15.7. The van der Waals surface area contributed by atoms with E-state index in [0.29, 0.717) is 17.2 Å². The monoisotopic (exact) mass is 469 g/mol. The Kier molecular flexibility index (Phi) is 7.60. The molecule has 0 saturated carbocycles. The van der Waals surface area contributed by atoms with Gasteiger partial charge in [-0.3, -0.25) is 4.72 Å². The molecule has 3 aromatic rings. The number of aliphatic carboxylic acids is 1. The average molecular weight is 470 g/mol. The maximum atomic E-state index is 13.2. The van der Waals surface area contributed by atoms with Crippen molar-refractivity contribution in [2.24, 2.45) is 0 Å². The maximum Gasteiger partial charge on any atom is 0.341 e. The predicted molar refractivity (Wildman–Crippen MR) is 126 cm³/mol. The topological polar surface area (TPSA) is 102 Å². The van der Waals surface area contributed by atoms with Gasteiger partial charge in [-0.25, -0.2) is 13.2 Å². The number of nitrogens with one attached hydrogen (secondary N) is 1. The number of hydrogen-bond donors (Lipinski definition) is 2. The molecule has 0 unspecified atom stereocenters. The minimum Gasteiger partial charge on any atom is -0.487 e. The first-order valence-electron chi connectivity index (χ1n) is 10.4. The van der Waals surface area contributed by atoms with E-state index in [1.54, 1.807) is 48.5 Å². The third kappa shape index (κ3) is 6.49. The van der Waals surface area contributed by atoms with Gasteiger partial charge in [0.1, 0.15) is 18.1 Å². The molecule has 0 spiro atoms. The normalized spacial score (nSPS) is 11.3. The van der Waals surface area contributed by atoms with Crippen molar-refractivity contribution in [3.63, 3.8) is 0 Å². The lowest BCUT2D eigenvalue weighted by Crippen LogP contribution is -2.16. The standard InChI is InChI=1S/C25H27NO6S/c1-17(2)21-6-4-5-7-24(21)33(29,30)26-22-13-8-18(3)14-23(22)32-15-19-9-11-20(12-10-19)31-16-25(27)28/h4-14,17,26H,15-16H2,1-3H3,(H,27,28). The number of anilines is 1. The fourth-order valence-corrected chi connectivity index (χ4v) is 4.66. The van der Waals surface area contributed by atoms with Gasteiger partial charge in [-0.2, -0.15) is 0 Å². The van der Waals surface area contributed by atoms with Gasteiger partial charge in [0, 0.05) is 0 Å². The molecule has 33 heavy (non-hydrogen) atoms. The van der Waals surface area contributed by atoms with Crippen LogP contribution in [0.15, 0.2) is 71.6 Å². The SMILES string of the molecule is Cc1ccc(NS(=O)(=O)c2ccccc2C(C)C)c(OCc2ccc(OCC(=O)O)cc2)c1. The summed E-state index contributed by atoms with van der Waals surface area (Å²) >= 11 is 0. The van der Waals surface area contributed by atoms with Crippen molar-refractivity contribution in [3.8, 4) is 11.5 Å². The number of carbonyl (C=O) groups is 1. The molecular formula is C25H27NO6S. The van der Waals surface area contributed by atoms with Crippen LogP contribution in [-0.4, -0.2) is 26.1 Å². The van der Waals surface area contributed by atoms with Crippen molar-refractivity contribution in [2.75, 3.05) is 11.3 Å². The van der Waals surface area contributed by atoms with Crippen LogP contribution in [0.5, 0.6) is 11.5 Å². The molecule has 0 aliphatic heterocycles. The summed E-state index contributed by atoms with van der Waals surface area (Å²) in [4.78, 5) is 10.8. The second-order valence-electron chi connectivity index (χ2n) is 7.91. The fraction of sp³-hybridized carbons (Fsp3) is 0.240. The van der Waals surface area contributed by atoms with Gasteiger partial charge < -0.3 is 14.6 Å². The second kappa shape index (κ2) is 10.4. The molecule has 0 fully saturated rings. The van der Waals surface area contributed by atoms with Gasteiger partial charge in [0.15, 0.2) is 6.61 Å². The van der Waals surface area contributed by atoms with Crippen LogP contribution in [-0.2, 0) is 21.4 Å². The van der Waals surface area contributed by atoms with E-state index in [9.17, 15) is 13.2 Å². The molecule has 0 aromatic heterocycles. The summed E-state index contributed by atoms with van der Waals surface area (Å²) in [6, 6.07) is 19.0. The highest BCUT2D eigenvalue weighted by Crippen LogP contribution is 2.31. The Hall–Kier alpha value is -3.52. The van der Waals surface area contributed by atoms with Crippen molar-refractivity contribution in [2.45, 2.75) is 38.2 Å². The van der Waals surface area contributed by atoms with E-state index < -0.39 is 22.6 Å². The van der Waals surface area contributed by atoms with Crippen LogP contribution >= 0.6 is 0 Å². The van der Waals surface area contributed by atoms with E-state index in [2.05, 4.69) is 4.72 Å². The van der Waals surface area contributed by atoms with Crippen molar-refractivity contribution in [1.82, 2.24) is 0 Å². The molecule has 0 aliphatic carbocycles. The Morgan fingerprint density at radius 3 is 2.36 bits per heavy atom. The van der Waals surface area contributed by atoms with Gasteiger partial charge in [0.25, 0.3) is 10.0 Å². The quantitative estimate of drug-likeness (QED) is 0.435. The van der Waals surface area contributed by atoms with Gasteiger partial charge >= 0.3 is 5.97 Å². The number of ether oxygens (including phenoxy) is 2. The molecule has 3 aromatic carbocycles. The first-order valence-corrected chi connectivity index (χ1v) is 11.9. The van der Waals surface area contributed by atoms with E-state index in [0.717, 1.165) is 16.7 Å². The molecule has 0 aliphatic rings. The molecule has 0 radical (unpaired) electrons. The number of aryl methyl sites for hydroxylation is 1. The molecule has 8 heteroatoms. The highest BCUT2D eigenvalue weighted by atomic mass is 32.2. The van der Waals surface area contributed by atoms with Gasteiger partial charge in [-0.05, 0) is 59.9 Å². The smallest absolute Gasteiger partial charge is 0.341 e. The molecular weight excluding hydrogens is 442 g/mol. The number of sulfonamides is 1. The van der Waals surface area contributed by atoms with Crippen LogP contribution < -0.4 is 14.2 Å². The van der Waals surface area contributed by atoms with Gasteiger partial charge in [-0.1, -0.05) is 50.2 Å². The van der Waals surface area contributed by atoms with E-state index in [4.69, 9.17) is 14.6 Å². The predicted octanol–water partition coefficient (Wildman–Crippen LogP) is 4.96. The van der Waals surface area contributed by atoms with Gasteiger partial charge in [0.2, 0.25) is 0 Å². The van der Waals surface area contributed by atoms with Crippen LogP contribution in [0.1, 0.15) is 36.5 Å². The molecule has 0 saturated heterocycles. The summed E-state index contributed by atoms with van der Waals surface area (Å²) in [6.07, 6.45) is 0. The summed E-state index contributed by atoms with van der Waals surface area (Å²) in [5.41, 5.74) is 2.83. The van der Waals surface area contributed by atoms with Crippen LogP contribution in [0.25, 0.3) is 0 Å². The van der Waals surface area contributed by atoms with E-state index >= 15 is 0 Å². The summed E-state index contributed by atoms with van der Waals surface area (Å²) in [6.45, 7) is 5.58. The molecule has 7 nitrogen and oxygen atoms in total. The Bertz CT molecular complexity index is 1220. The van der Waals surface area contributed by atoms with Crippen LogP contribution in [0.4, 0.5) is 5.69 Å². The molecule has 0 bridgehead atoms. The third-order valence-electron chi connectivity index (χ3n) is 4.89. The minimum atomic E-state index is -3.82. The molecule has 2 N–H and O–H groups in total. The van der Waals surface area contributed by atoms with Crippen LogP contribution in [0.2, 0.25) is 0 Å². The molecule has 3 rings (SSSR count). The number of rotatable bonds is 10. The lowest BCUT2D eigenvalue weighted by Gasteiger charge is -2.17. The maximum absolute atomic E-state index is 13.2. The number of hydrogen-bond acceptors (Lipinski definition) is 5. The van der Waals surface area contributed by atoms with E-state index in [-0.39, 0.29) is 17.4 Å². The summed E-state index contributed by atoms with van der Waals surface area (Å²) < 4.78 is 40.1. The third-order valence-corrected chi connectivity index (χ3v) is 6.33. The van der Waals surface area contributed by atoms with Crippen molar-refractivity contribution < 1.29 is 27.8 Å². The zero-order chi connectivity index (χ0) is 24.0. The summed E-state index contributed by atoms with van der Waals surface area (Å²) in [5, 5.41) is 8.69. The molecule has 0 amide bonds. The van der Waals surface area contributed by atoms with Crippen LogP contribution in [0.3, 0.4) is 0 Å². The number of carboxylic acids is 1. The minimum absolute atomic E-state index is 0.0500. The van der Waals surface area contributed by atoms with Crippen molar-refractivity contribution in [1.29, 1.82) is 0 Å². The largest absolute Gasteiger partial charge is 0.487 e.